The first-order valence-corrected chi connectivity index (χ1v) is 5.78. The summed E-state index contributed by atoms with van der Waals surface area (Å²) in [6, 6.07) is 2.13. The topological polar surface area (TPSA) is 24.9 Å². The number of hydrogen-bond acceptors (Lipinski definition) is 4. The fraction of sp³-hybridized carbons (Fsp3) is 0.222. The zero-order valence-electron chi connectivity index (χ0n) is 7.28. The molecule has 0 amide bonds. The van der Waals surface area contributed by atoms with Crippen molar-refractivity contribution in [2.75, 3.05) is 5.32 Å². The third-order valence-corrected chi connectivity index (χ3v) is 3.27. The summed E-state index contributed by atoms with van der Waals surface area (Å²) in [6.07, 6.45) is 1.88. The summed E-state index contributed by atoms with van der Waals surface area (Å²) in [7, 11) is 0. The molecule has 0 spiro atoms. The van der Waals surface area contributed by atoms with E-state index in [-0.39, 0.29) is 0 Å². The molecule has 2 aromatic heterocycles. The van der Waals surface area contributed by atoms with Gasteiger partial charge in [0.2, 0.25) is 0 Å². The molecule has 2 heterocycles. The number of nitrogens with one attached hydrogen (secondary N) is 1. The molecule has 0 aromatic carbocycles. The van der Waals surface area contributed by atoms with Crippen LogP contribution in [0.15, 0.2) is 23.0 Å². The quantitative estimate of drug-likeness (QED) is 0.842. The lowest BCUT2D eigenvalue weighted by Gasteiger charge is -1.98. The van der Waals surface area contributed by atoms with Crippen LogP contribution in [0.25, 0.3) is 0 Å². The molecule has 4 heteroatoms. The van der Waals surface area contributed by atoms with Crippen molar-refractivity contribution in [2.24, 2.45) is 0 Å². The molecule has 0 atom stereocenters. The Labute approximate surface area is 85.3 Å². The first-order valence-electron chi connectivity index (χ1n) is 4.02. The van der Waals surface area contributed by atoms with E-state index in [1.165, 1.54) is 5.56 Å². The smallest absolute Gasteiger partial charge is 0.109 e. The molecule has 2 nitrogen and oxygen atoms in total. The number of thiazole rings is 1. The molecular formula is C9H10N2S2. The van der Waals surface area contributed by atoms with Gasteiger partial charge < -0.3 is 5.32 Å². The van der Waals surface area contributed by atoms with Crippen molar-refractivity contribution in [3.8, 4) is 0 Å². The minimum Gasteiger partial charge on any atom is -0.372 e. The summed E-state index contributed by atoms with van der Waals surface area (Å²) >= 11 is 3.42. The molecule has 0 radical (unpaired) electrons. The van der Waals surface area contributed by atoms with Gasteiger partial charge in [-0.25, -0.2) is 4.98 Å². The van der Waals surface area contributed by atoms with Crippen molar-refractivity contribution in [3.63, 3.8) is 0 Å². The van der Waals surface area contributed by atoms with Crippen LogP contribution in [-0.2, 0) is 6.54 Å². The number of aryl methyl sites for hydroxylation is 1. The highest BCUT2D eigenvalue weighted by atomic mass is 32.1. The van der Waals surface area contributed by atoms with Gasteiger partial charge in [0, 0.05) is 6.54 Å². The Bertz CT molecular complexity index is 365. The van der Waals surface area contributed by atoms with Crippen LogP contribution >= 0.6 is 22.7 Å². The maximum Gasteiger partial charge on any atom is 0.109 e. The van der Waals surface area contributed by atoms with Crippen molar-refractivity contribution in [1.29, 1.82) is 0 Å². The fourth-order valence-electron chi connectivity index (χ4n) is 1.03. The maximum atomic E-state index is 4.18. The van der Waals surface area contributed by atoms with E-state index in [2.05, 4.69) is 27.1 Å². The van der Waals surface area contributed by atoms with E-state index in [0.29, 0.717) is 0 Å². The first-order chi connectivity index (χ1) is 6.34. The normalized spacial score (nSPS) is 10.2. The summed E-state index contributed by atoms with van der Waals surface area (Å²) in [5.41, 5.74) is 1.33. The van der Waals surface area contributed by atoms with Gasteiger partial charge in [0.25, 0.3) is 0 Å². The Morgan fingerprint density at radius 1 is 1.54 bits per heavy atom. The Morgan fingerprint density at radius 3 is 3.08 bits per heavy atom. The van der Waals surface area contributed by atoms with Gasteiger partial charge in [0.15, 0.2) is 0 Å². The predicted molar refractivity (Wildman–Crippen MR) is 58.5 cm³/mol. The Morgan fingerprint density at radius 2 is 2.46 bits per heavy atom. The molecule has 0 aliphatic rings. The van der Waals surface area contributed by atoms with Crippen molar-refractivity contribution in [2.45, 2.75) is 13.5 Å². The molecule has 13 heavy (non-hydrogen) atoms. The molecule has 0 fully saturated rings. The SMILES string of the molecule is Cc1ncc(NCc2ccsc2)s1. The minimum atomic E-state index is 0.894. The molecule has 0 unspecified atom stereocenters. The summed E-state index contributed by atoms with van der Waals surface area (Å²) in [4.78, 5) is 4.18. The number of nitrogens with zero attached hydrogens (tertiary/aromatic N) is 1. The highest BCUT2D eigenvalue weighted by Gasteiger charge is 1.97. The van der Waals surface area contributed by atoms with E-state index in [1.807, 2.05) is 13.1 Å². The molecule has 1 N–H and O–H groups in total. The van der Waals surface area contributed by atoms with Crippen LogP contribution in [0, 0.1) is 6.92 Å². The van der Waals surface area contributed by atoms with Crippen molar-refractivity contribution >= 4 is 27.7 Å². The number of hydrogen-bond donors (Lipinski definition) is 1. The van der Waals surface area contributed by atoms with Gasteiger partial charge in [-0.2, -0.15) is 11.3 Å². The number of aromatic nitrogens is 1. The first kappa shape index (κ1) is 8.72. The van der Waals surface area contributed by atoms with Crippen molar-refractivity contribution < 1.29 is 0 Å². The Hall–Kier alpha value is -0.870. The minimum absolute atomic E-state index is 0.894. The summed E-state index contributed by atoms with van der Waals surface area (Å²) in [5.74, 6) is 0. The zero-order valence-corrected chi connectivity index (χ0v) is 8.91. The lowest BCUT2D eigenvalue weighted by molar-refractivity contribution is 1.17. The predicted octanol–water partition coefficient (Wildman–Crippen LogP) is 3.13. The highest BCUT2D eigenvalue weighted by molar-refractivity contribution is 7.15. The van der Waals surface area contributed by atoms with Gasteiger partial charge in [0.05, 0.1) is 11.2 Å². The van der Waals surface area contributed by atoms with Crippen LogP contribution in [0.3, 0.4) is 0 Å². The van der Waals surface area contributed by atoms with E-state index >= 15 is 0 Å². The second kappa shape index (κ2) is 3.89. The van der Waals surface area contributed by atoms with Crippen molar-refractivity contribution in [1.82, 2.24) is 4.98 Å². The van der Waals surface area contributed by atoms with Crippen molar-refractivity contribution in [3.05, 3.63) is 33.6 Å². The summed E-state index contributed by atoms with van der Waals surface area (Å²) < 4.78 is 0. The average Bonchev–Trinajstić information content (AvgIpc) is 2.71. The van der Waals surface area contributed by atoms with E-state index in [0.717, 1.165) is 16.6 Å². The summed E-state index contributed by atoms with van der Waals surface area (Å²) in [6.45, 7) is 2.91. The lowest BCUT2D eigenvalue weighted by Crippen LogP contribution is -1.95. The average molecular weight is 210 g/mol. The largest absolute Gasteiger partial charge is 0.372 e. The molecule has 0 saturated carbocycles. The van der Waals surface area contributed by atoms with Crippen LogP contribution < -0.4 is 5.32 Å². The van der Waals surface area contributed by atoms with Gasteiger partial charge >= 0.3 is 0 Å². The monoisotopic (exact) mass is 210 g/mol. The molecule has 0 bridgehead atoms. The summed E-state index contributed by atoms with van der Waals surface area (Å²) in [5, 5.41) is 9.82. The maximum absolute atomic E-state index is 4.18. The number of rotatable bonds is 3. The molecule has 68 valence electrons. The zero-order chi connectivity index (χ0) is 9.10. The molecule has 0 aliphatic heterocycles. The standard InChI is InChI=1S/C9H10N2S2/c1-7-10-5-9(13-7)11-4-8-2-3-12-6-8/h2-3,5-6,11H,4H2,1H3. The van der Waals surface area contributed by atoms with Gasteiger partial charge in [-0.15, -0.1) is 11.3 Å². The molecule has 0 saturated heterocycles. The van der Waals surface area contributed by atoms with Gasteiger partial charge in [0.1, 0.15) is 5.00 Å². The molecule has 0 aliphatic carbocycles. The Balaban J connectivity index is 1.93. The molecule has 2 aromatic rings. The number of thiophene rings is 1. The lowest BCUT2D eigenvalue weighted by atomic mass is 10.3. The van der Waals surface area contributed by atoms with E-state index in [4.69, 9.17) is 0 Å². The van der Waals surface area contributed by atoms with Crippen LogP contribution in [0.4, 0.5) is 5.00 Å². The molecular weight excluding hydrogens is 200 g/mol. The highest BCUT2D eigenvalue weighted by Crippen LogP contribution is 2.18. The Kier molecular flexibility index (Phi) is 2.61. The second-order valence-electron chi connectivity index (χ2n) is 2.73. The van der Waals surface area contributed by atoms with Gasteiger partial charge in [-0.1, -0.05) is 0 Å². The van der Waals surface area contributed by atoms with Gasteiger partial charge in [-0.3, -0.25) is 0 Å². The van der Waals surface area contributed by atoms with Crippen LogP contribution in [0.2, 0.25) is 0 Å². The fourth-order valence-corrected chi connectivity index (χ4v) is 2.37. The molecule has 2 rings (SSSR count). The van der Waals surface area contributed by atoms with E-state index < -0.39 is 0 Å². The van der Waals surface area contributed by atoms with Crippen LogP contribution in [0.5, 0.6) is 0 Å². The second-order valence-corrected chi connectivity index (χ2v) is 4.74. The van der Waals surface area contributed by atoms with E-state index in [1.54, 1.807) is 22.7 Å². The van der Waals surface area contributed by atoms with Crippen LogP contribution in [0.1, 0.15) is 10.6 Å². The van der Waals surface area contributed by atoms with E-state index in [9.17, 15) is 0 Å². The third kappa shape index (κ3) is 2.29. The van der Waals surface area contributed by atoms with Crippen LogP contribution in [-0.4, -0.2) is 4.98 Å². The van der Waals surface area contributed by atoms with Gasteiger partial charge in [-0.05, 0) is 29.3 Å². The third-order valence-electron chi connectivity index (χ3n) is 1.67. The number of anilines is 1.